The third-order valence-corrected chi connectivity index (χ3v) is 5.03. The molecule has 5 nitrogen and oxygen atoms in total. The summed E-state index contributed by atoms with van der Waals surface area (Å²) < 4.78 is 11.5. The molecule has 0 saturated heterocycles. The zero-order valence-electron chi connectivity index (χ0n) is 14.1. The Morgan fingerprint density at radius 2 is 2.04 bits per heavy atom. The summed E-state index contributed by atoms with van der Waals surface area (Å²) in [6.45, 7) is 0.579. The van der Waals surface area contributed by atoms with Crippen LogP contribution >= 0.6 is 15.9 Å². The van der Waals surface area contributed by atoms with Gasteiger partial charge < -0.3 is 14.1 Å². The number of carbonyl (C=O) groups is 1. The van der Waals surface area contributed by atoms with E-state index in [1.165, 1.54) is 7.11 Å². The predicted octanol–water partition coefficient (Wildman–Crippen LogP) is 4.16. The molecular formula is C20H16BrNO4. The van der Waals surface area contributed by atoms with Gasteiger partial charge in [0.2, 0.25) is 0 Å². The quantitative estimate of drug-likeness (QED) is 0.591. The molecule has 1 aromatic heterocycles. The average molecular weight is 414 g/mol. The van der Waals surface area contributed by atoms with E-state index in [2.05, 4.69) is 15.9 Å². The van der Waals surface area contributed by atoms with Crippen LogP contribution in [0.5, 0.6) is 5.75 Å². The van der Waals surface area contributed by atoms with Crippen LogP contribution in [0.15, 0.2) is 56.1 Å². The van der Waals surface area contributed by atoms with Crippen LogP contribution in [0.4, 0.5) is 5.69 Å². The molecular weight excluding hydrogens is 398 g/mol. The first-order valence-electron chi connectivity index (χ1n) is 8.29. The van der Waals surface area contributed by atoms with E-state index in [4.69, 9.17) is 9.15 Å². The number of hydrogen-bond donors (Lipinski definition) is 0. The third-order valence-electron chi connectivity index (χ3n) is 4.57. The zero-order valence-corrected chi connectivity index (χ0v) is 15.7. The van der Waals surface area contributed by atoms with Crippen LogP contribution < -0.4 is 15.3 Å². The van der Waals surface area contributed by atoms with E-state index in [0.29, 0.717) is 23.3 Å². The van der Waals surface area contributed by atoms with Crippen molar-refractivity contribution in [2.75, 3.05) is 18.6 Å². The summed E-state index contributed by atoms with van der Waals surface area (Å²) in [7, 11) is 1.50. The molecule has 26 heavy (non-hydrogen) atoms. The number of ether oxygens (including phenoxy) is 1. The maximum Gasteiger partial charge on any atom is 0.349 e. The van der Waals surface area contributed by atoms with Gasteiger partial charge in [-0.05, 0) is 42.7 Å². The van der Waals surface area contributed by atoms with Crippen molar-refractivity contribution in [1.82, 2.24) is 0 Å². The van der Waals surface area contributed by atoms with Gasteiger partial charge in [-0.2, -0.15) is 0 Å². The molecule has 1 aliphatic heterocycles. The number of benzene rings is 2. The van der Waals surface area contributed by atoms with E-state index < -0.39 is 5.63 Å². The molecule has 3 aromatic rings. The first kappa shape index (κ1) is 16.8. The molecule has 1 amide bonds. The summed E-state index contributed by atoms with van der Waals surface area (Å²) >= 11 is 3.41. The summed E-state index contributed by atoms with van der Waals surface area (Å²) in [5.41, 5.74) is 1.66. The molecule has 2 aromatic carbocycles. The second-order valence-electron chi connectivity index (χ2n) is 6.16. The summed E-state index contributed by atoms with van der Waals surface area (Å²) in [5.74, 6) is 0.0977. The van der Waals surface area contributed by atoms with E-state index in [9.17, 15) is 9.59 Å². The van der Waals surface area contributed by atoms with Gasteiger partial charge in [0.1, 0.15) is 5.56 Å². The highest BCUT2D eigenvalue weighted by Crippen LogP contribution is 2.31. The van der Waals surface area contributed by atoms with Gasteiger partial charge in [0.05, 0.1) is 7.11 Å². The molecule has 0 unspecified atom stereocenters. The van der Waals surface area contributed by atoms with E-state index in [0.717, 1.165) is 28.6 Å². The topological polar surface area (TPSA) is 59.8 Å². The fraction of sp³-hybridized carbons (Fsp3) is 0.200. The SMILES string of the molecule is COc1cc(Br)cc2cc(C(=O)N3CCCc4ccccc43)c(=O)oc12. The highest BCUT2D eigenvalue weighted by molar-refractivity contribution is 9.10. The largest absolute Gasteiger partial charge is 0.493 e. The van der Waals surface area contributed by atoms with Gasteiger partial charge in [-0.3, -0.25) is 4.79 Å². The minimum atomic E-state index is -0.661. The number of methoxy groups -OCH3 is 1. The van der Waals surface area contributed by atoms with E-state index in [-0.39, 0.29) is 11.5 Å². The number of hydrogen-bond acceptors (Lipinski definition) is 4. The number of amides is 1. The number of fused-ring (bicyclic) bond motifs is 2. The Labute approximate surface area is 158 Å². The Morgan fingerprint density at radius 3 is 2.85 bits per heavy atom. The number of aryl methyl sites for hydroxylation is 1. The van der Waals surface area contributed by atoms with Gasteiger partial charge in [-0.15, -0.1) is 0 Å². The molecule has 0 spiro atoms. The summed E-state index contributed by atoms with van der Waals surface area (Å²) in [6.07, 6.45) is 1.79. The van der Waals surface area contributed by atoms with Gasteiger partial charge >= 0.3 is 5.63 Å². The molecule has 0 radical (unpaired) electrons. The van der Waals surface area contributed by atoms with Crippen molar-refractivity contribution in [2.24, 2.45) is 0 Å². The van der Waals surface area contributed by atoms with E-state index in [1.54, 1.807) is 23.1 Å². The molecule has 0 N–H and O–H groups in total. The zero-order chi connectivity index (χ0) is 18.3. The molecule has 1 aliphatic rings. The lowest BCUT2D eigenvalue weighted by atomic mass is 10.0. The van der Waals surface area contributed by atoms with Crippen molar-refractivity contribution in [3.63, 3.8) is 0 Å². The fourth-order valence-electron chi connectivity index (χ4n) is 3.36. The molecule has 6 heteroatoms. The highest BCUT2D eigenvalue weighted by atomic mass is 79.9. The van der Waals surface area contributed by atoms with Gasteiger partial charge in [-0.1, -0.05) is 34.1 Å². The molecule has 0 fully saturated rings. The van der Waals surface area contributed by atoms with Crippen LogP contribution in [-0.4, -0.2) is 19.6 Å². The van der Waals surface area contributed by atoms with Crippen LogP contribution in [0.1, 0.15) is 22.3 Å². The first-order chi connectivity index (χ1) is 12.6. The lowest BCUT2D eigenvalue weighted by Crippen LogP contribution is -2.37. The van der Waals surface area contributed by atoms with Crippen molar-refractivity contribution in [2.45, 2.75) is 12.8 Å². The Morgan fingerprint density at radius 1 is 1.23 bits per heavy atom. The Bertz CT molecular complexity index is 1070. The van der Waals surface area contributed by atoms with Gasteiger partial charge in [0.25, 0.3) is 5.91 Å². The van der Waals surface area contributed by atoms with Crippen LogP contribution in [0.3, 0.4) is 0 Å². The third kappa shape index (κ3) is 2.80. The number of rotatable bonds is 2. The molecule has 0 saturated carbocycles. The van der Waals surface area contributed by atoms with Crippen LogP contribution in [0, 0.1) is 0 Å². The highest BCUT2D eigenvalue weighted by Gasteiger charge is 2.26. The molecule has 2 heterocycles. The molecule has 4 rings (SSSR count). The monoisotopic (exact) mass is 413 g/mol. The summed E-state index contributed by atoms with van der Waals surface area (Å²) in [4.78, 5) is 27.2. The lowest BCUT2D eigenvalue weighted by Gasteiger charge is -2.29. The Balaban J connectivity index is 1.84. The van der Waals surface area contributed by atoms with Gasteiger partial charge in [0.15, 0.2) is 11.3 Å². The second-order valence-corrected chi connectivity index (χ2v) is 7.08. The molecule has 0 bridgehead atoms. The van der Waals surface area contributed by atoms with Crippen LogP contribution in [0.2, 0.25) is 0 Å². The number of carbonyl (C=O) groups excluding carboxylic acids is 1. The van der Waals surface area contributed by atoms with E-state index >= 15 is 0 Å². The number of anilines is 1. The van der Waals surface area contributed by atoms with Crippen LogP contribution in [0.25, 0.3) is 11.0 Å². The minimum absolute atomic E-state index is 0.0226. The number of halogens is 1. The average Bonchev–Trinajstić information content (AvgIpc) is 2.66. The standard InChI is InChI=1S/C20H16BrNO4/c1-25-17-11-14(21)9-13-10-15(20(24)26-18(13)17)19(23)22-8-4-6-12-5-2-3-7-16(12)22/h2-3,5,7,9-11H,4,6,8H2,1H3. The van der Waals surface area contributed by atoms with Gasteiger partial charge in [-0.25, -0.2) is 4.79 Å². The normalized spacial score (nSPS) is 13.5. The van der Waals surface area contributed by atoms with Crippen molar-refractivity contribution in [1.29, 1.82) is 0 Å². The Hall–Kier alpha value is -2.60. The maximum absolute atomic E-state index is 13.1. The number of nitrogens with zero attached hydrogens (tertiary/aromatic N) is 1. The van der Waals surface area contributed by atoms with Crippen LogP contribution in [-0.2, 0) is 6.42 Å². The molecule has 0 aliphatic carbocycles. The van der Waals surface area contributed by atoms with Crippen molar-refractivity contribution in [3.05, 3.63) is 68.5 Å². The fourth-order valence-corrected chi connectivity index (χ4v) is 3.81. The van der Waals surface area contributed by atoms with Crippen molar-refractivity contribution in [3.8, 4) is 5.75 Å². The summed E-state index contributed by atoms with van der Waals surface area (Å²) in [5, 5.41) is 0.629. The maximum atomic E-state index is 13.1. The van der Waals surface area contributed by atoms with Gasteiger partial charge in [0, 0.05) is 22.1 Å². The number of para-hydroxylation sites is 1. The molecule has 0 atom stereocenters. The van der Waals surface area contributed by atoms with Crippen molar-refractivity contribution >= 4 is 38.5 Å². The lowest BCUT2D eigenvalue weighted by molar-refractivity contribution is 0.0981. The minimum Gasteiger partial charge on any atom is -0.493 e. The first-order valence-corrected chi connectivity index (χ1v) is 9.09. The molecule has 132 valence electrons. The van der Waals surface area contributed by atoms with Crippen molar-refractivity contribution < 1.29 is 13.9 Å². The predicted molar refractivity (Wildman–Crippen MR) is 103 cm³/mol. The Kier molecular flexibility index (Phi) is 4.28. The van der Waals surface area contributed by atoms with E-state index in [1.807, 2.05) is 24.3 Å². The smallest absolute Gasteiger partial charge is 0.349 e. The second kappa shape index (κ2) is 6.61. The summed E-state index contributed by atoms with van der Waals surface area (Å²) in [6, 6.07) is 12.9.